The average molecular weight is 164 g/mol. The van der Waals surface area contributed by atoms with E-state index in [4.69, 9.17) is 0 Å². The number of imidazole rings is 1. The second-order valence-corrected chi connectivity index (χ2v) is 3.63. The van der Waals surface area contributed by atoms with Crippen LogP contribution in [0.1, 0.15) is 43.6 Å². The van der Waals surface area contributed by atoms with E-state index in [0.717, 1.165) is 12.5 Å². The standard InChI is InChI=1S/C10H16N2/c1-3-12-8(2)7-11-10(12)9-5-4-6-9/h7,9H,3-6H2,1-2H3. The molecule has 0 radical (unpaired) electrons. The third-order valence-corrected chi connectivity index (χ3v) is 2.87. The molecule has 0 N–H and O–H groups in total. The number of hydrogen-bond donors (Lipinski definition) is 0. The number of rotatable bonds is 2. The highest BCUT2D eigenvalue weighted by atomic mass is 15.1. The fourth-order valence-corrected chi connectivity index (χ4v) is 1.88. The molecule has 66 valence electrons. The molecule has 0 aliphatic heterocycles. The van der Waals surface area contributed by atoms with Gasteiger partial charge in [-0.2, -0.15) is 0 Å². The Kier molecular flexibility index (Phi) is 1.91. The summed E-state index contributed by atoms with van der Waals surface area (Å²) in [6.07, 6.45) is 6.07. The van der Waals surface area contributed by atoms with Gasteiger partial charge in [-0.25, -0.2) is 4.98 Å². The molecule has 0 amide bonds. The van der Waals surface area contributed by atoms with E-state index in [1.807, 2.05) is 6.20 Å². The molecule has 0 saturated heterocycles. The molecule has 1 aliphatic rings. The van der Waals surface area contributed by atoms with Gasteiger partial charge in [-0.05, 0) is 26.7 Å². The maximum atomic E-state index is 4.47. The highest BCUT2D eigenvalue weighted by Crippen LogP contribution is 2.35. The Hall–Kier alpha value is -0.790. The summed E-state index contributed by atoms with van der Waals surface area (Å²) in [6.45, 7) is 5.40. The summed E-state index contributed by atoms with van der Waals surface area (Å²) in [6, 6.07) is 0. The van der Waals surface area contributed by atoms with Crippen LogP contribution in [0.4, 0.5) is 0 Å². The van der Waals surface area contributed by atoms with Crippen LogP contribution in [0.3, 0.4) is 0 Å². The van der Waals surface area contributed by atoms with Gasteiger partial charge in [0.05, 0.1) is 0 Å². The Morgan fingerprint density at radius 1 is 1.58 bits per heavy atom. The molecule has 0 bridgehead atoms. The minimum Gasteiger partial charge on any atom is -0.332 e. The van der Waals surface area contributed by atoms with Crippen molar-refractivity contribution in [1.29, 1.82) is 0 Å². The van der Waals surface area contributed by atoms with Crippen molar-refractivity contribution in [2.24, 2.45) is 0 Å². The number of hydrogen-bond acceptors (Lipinski definition) is 1. The lowest BCUT2D eigenvalue weighted by molar-refractivity contribution is 0.387. The highest BCUT2D eigenvalue weighted by molar-refractivity contribution is 5.10. The molecule has 0 aromatic carbocycles. The van der Waals surface area contributed by atoms with Gasteiger partial charge in [0, 0.05) is 24.4 Å². The SMILES string of the molecule is CCn1c(C)cnc1C1CCC1. The Labute approximate surface area is 73.6 Å². The number of nitrogens with zero attached hydrogens (tertiary/aromatic N) is 2. The molecule has 0 atom stereocenters. The van der Waals surface area contributed by atoms with Gasteiger partial charge in [-0.1, -0.05) is 6.42 Å². The van der Waals surface area contributed by atoms with Crippen molar-refractivity contribution < 1.29 is 0 Å². The molecule has 1 fully saturated rings. The van der Waals surface area contributed by atoms with Crippen molar-refractivity contribution in [3.63, 3.8) is 0 Å². The maximum Gasteiger partial charge on any atom is 0.111 e. The second kappa shape index (κ2) is 2.92. The van der Waals surface area contributed by atoms with Crippen LogP contribution in [0.5, 0.6) is 0 Å². The van der Waals surface area contributed by atoms with Gasteiger partial charge in [0.1, 0.15) is 5.82 Å². The van der Waals surface area contributed by atoms with Crippen molar-refractivity contribution in [2.45, 2.75) is 45.6 Å². The van der Waals surface area contributed by atoms with E-state index in [2.05, 4.69) is 23.4 Å². The van der Waals surface area contributed by atoms with E-state index in [9.17, 15) is 0 Å². The molecular formula is C10H16N2. The van der Waals surface area contributed by atoms with Crippen LogP contribution in [0, 0.1) is 6.92 Å². The van der Waals surface area contributed by atoms with Gasteiger partial charge >= 0.3 is 0 Å². The third-order valence-electron chi connectivity index (χ3n) is 2.87. The topological polar surface area (TPSA) is 17.8 Å². The first-order chi connectivity index (χ1) is 5.83. The molecule has 1 aromatic rings. The lowest BCUT2D eigenvalue weighted by Gasteiger charge is -2.25. The normalized spacial score (nSPS) is 17.8. The third kappa shape index (κ3) is 1.06. The zero-order chi connectivity index (χ0) is 8.55. The fourth-order valence-electron chi connectivity index (χ4n) is 1.88. The minimum atomic E-state index is 0.763. The van der Waals surface area contributed by atoms with E-state index in [1.165, 1.54) is 30.8 Å². The maximum absolute atomic E-state index is 4.47. The first kappa shape index (κ1) is 7.84. The summed E-state index contributed by atoms with van der Waals surface area (Å²) in [4.78, 5) is 4.47. The molecule has 1 aromatic heterocycles. The molecule has 1 heterocycles. The molecule has 2 heteroatoms. The summed E-state index contributed by atoms with van der Waals surface area (Å²) in [5, 5.41) is 0. The van der Waals surface area contributed by atoms with Crippen LogP contribution in [-0.2, 0) is 6.54 Å². The molecule has 1 aliphatic carbocycles. The van der Waals surface area contributed by atoms with E-state index in [-0.39, 0.29) is 0 Å². The zero-order valence-corrected chi connectivity index (χ0v) is 7.88. The lowest BCUT2D eigenvalue weighted by atomic mass is 9.85. The van der Waals surface area contributed by atoms with Crippen LogP contribution in [0.2, 0.25) is 0 Å². The molecule has 0 spiro atoms. The van der Waals surface area contributed by atoms with Crippen molar-refractivity contribution in [2.75, 3.05) is 0 Å². The van der Waals surface area contributed by atoms with Crippen LogP contribution < -0.4 is 0 Å². The van der Waals surface area contributed by atoms with Crippen LogP contribution in [-0.4, -0.2) is 9.55 Å². The van der Waals surface area contributed by atoms with Crippen molar-refractivity contribution in [3.8, 4) is 0 Å². The smallest absolute Gasteiger partial charge is 0.111 e. The highest BCUT2D eigenvalue weighted by Gasteiger charge is 2.23. The monoisotopic (exact) mass is 164 g/mol. The van der Waals surface area contributed by atoms with E-state index in [1.54, 1.807) is 0 Å². The summed E-state index contributed by atoms with van der Waals surface area (Å²) >= 11 is 0. The van der Waals surface area contributed by atoms with Gasteiger partial charge in [0.2, 0.25) is 0 Å². The summed E-state index contributed by atoms with van der Waals surface area (Å²) in [5.74, 6) is 2.08. The first-order valence-corrected chi connectivity index (χ1v) is 4.85. The van der Waals surface area contributed by atoms with Crippen molar-refractivity contribution in [1.82, 2.24) is 9.55 Å². The molecule has 2 nitrogen and oxygen atoms in total. The minimum absolute atomic E-state index is 0.763. The molecule has 2 rings (SSSR count). The average Bonchev–Trinajstić information content (AvgIpc) is 2.29. The largest absolute Gasteiger partial charge is 0.332 e. The van der Waals surface area contributed by atoms with Crippen molar-refractivity contribution in [3.05, 3.63) is 17.7 Å². The second-order valence-electron chi connectivity index (χ2n) is 3.63. The lowest BCUT2D eigenvalue weighted by Crippen LogP contribution is -2.15. The van der Waals surface area contributed by atoms with Gasteiger partial charge in [-0.15, -0.1) is 0 Å². The predicted molar refractivity (Wildman–Crippen MR) is 49.2 cm³/mol. The summed E-state index contributed by atoms with van der Waals surface area (Å²) in [7, 11) is 0. The van der Waals surface area contributed by atoms with Crippen molar-refractivity contribution >= 4 is 0 Å². The Bertz CT molecular complexity index is 271. The quantitative estimate of drug-likeness (QED) is 0.656. The van der Waals surface area contributed by atoms with Crippen LogP contribution in [0.25, 0.3) is 0 Å². The molecule has 1 saturated carbocycles. The van der Waals surface area contributed by atoms with Crippen LogP contribution >= 0.6 is 0 Å². The van der Waals surface area contributed by atoms with Gasteiger partial charge < -0.3 is 4.57 Å². The van der Waals surface area contributed by atoms with E-state index >= 15 is 0 Å². The van der Waals surface area contributed by atoms with E-state index < -0.39 is 0 Å². The Balaban J connectivity index is 2.29. The molecular weight excluding hydrogens is 148 g/mol. The fraction of sp³-hybridized carbons (Fsp3) is 0.700. The molecule has 0 unspecified atom stereocenters. The van der Waals surface area contributed by atoms with E-state index in [0.29, 0.717) is 0 Å². The zero-order valence-electron chi connectivity index (χ0n) is 7.88. The predicted octanol–water partition coefficient (Wildman–Crippen LogP) is 2.48. The Morgan fingerprint density at radius 2 is 2.33 bits per heavy atom. The Morgan fingerprint density at radius 3 is 2.83 bits per heavy atom. The first-order valence-electron chi connectivity index (χ1n) is 4.85. The van der Waals surface area contributed by atoms with Gasteiger partial charge in [0.25, 0.3) is 0 Å². The number of aryl methyl sites for hydroxylation is 1. The van der Waals surface area contributed by atoms with Gasteiger partial charge in [0.15, 0.2) is 0 Å². The number of aromatic nitrogens is 2. The molecule has 12 heavy (non-hydrogen) atoms. The summed E-state index contributed by atoms with van der Waals surface area (Å²) in [5.41, 5.74) is 1.31. The summed E-state index contributed by atoms with van der Waals surface area (Å²) < 4.78 is 2.34. The van der Waals surface area contributed by atoms with Gasteiger partial charge in [-0.3, -0.25) is 0 Å². The van der Waals surface area contributed by atoms with Crippen LogP contribution in [0.15, 0.2) is 6.20 Å².